The van der Waals surface area contributed by atoms with Gasteiger partial charge in [0.25, 0.3) is 5.91 Å². The fourth-order valence-corrected chi connectivity index (χ4v) is 3.47. The summed E-state index contributed by atoms with van der Waals surface area (Å²) in [5.41, 5.74) is 0.0801. The molecule has 0 aromatic carbocycles. The highest BCUT2D eigenvalue weighted by molar-refractivity contribution is 7.96. The van der Waals surface area contributed by atoms with Crippen LogP contribution in [0.4, 0.5) is 13.2 Å². The Labute approximate surface area is 195 Å². The van der Waals surface area contributed by atoms with Crippen LogP contribution in [0.15, 0.2) is 61.7 Å². The maximum absolute atomic E-state index is 13.5. The molecule has 0 fully saturated rings. The highest BCUT2D eigenvalue weighted by Crippen LogP contribution is 2.29. The summed E-state index contributed by atoms with van der Waals surface area (Å²) in [5.74, 6) is -2.01. The first-order valence-corrected chi connectivity index (χ1v) is 11.7. The fourth-order valence-electron chi connectivity index (χ4n) is 2.48. The summed E-state index contributed by atoms with van der Waals surface area (Å²) >= 11 is 5.65. The van der Waals surface area contributed by atoms with Gasteiger partial charge in [0.2, 0.25) is 0 Å². The summed E-state index contributed by atoms with van der Waals surface area (Å²) < 4.78 is 64.3. The molecule has 0 aromatic heterocycles. The van der Waals surface area contributed by atoms with Crippen molar-refractivity contribution < 1.29 is 26.4 Å². The minimum Gasteiger partial charge on any atom is -0.360 e. The Morgan fingerprint density at radius 2 is 1.94 bits per heavy atom. The van der Waals surface area contributed by atoms with Gasteiger partial charge in [-0.2, -0.15) is 13.2 Å². The van der Waals surface area contributed by atoms with Crippen LogP contribution in [0.1, 0.15) is 27.7 Å². The molecule has 1 N–H and O–H groups in total. The summed E-state index contributed by atoms with van der Waals surface area (Å²) in [6, 6.07) is -2.24. The van der Waals surface area contributed by atoms with E-state index in [4.69, 9.17) is 11.6 Å². The molecule has 0 radical (unpaired) electrons. The first-order chi connectivity index (χ1) is 15.2. The van der Waals surface area contributed by atoms with Gasteiger partial charge >= 0.3 is 6.18 Å². The van der Waals surface area contributed by atoms with Crippen molar-refractivity contribution >= 4 is 45.2 Å². The molecule has 1 aliphatic rings. The first kappa shape index (κ1) is 28.3. The molecule has 33 heavy (non-hydrogen) atoms. The zero-order chi connectivity index (χ0) is 25.6. The van der Waals surface area contributed by atoms with Gasteiger partial charge in [0.1, 0.15) is 16.9 Å². The molecule has 1 rings (SSSR count). The number of sulfone groups is 1. The minimum absolute atomic E-state index is 0.0132. The van der Waals surface area contributed by atoms with Crippen molar-refractivity contribution in [1.82, 2.24) is 10.2 Å². The Bertz CT molecular complexity index is 1070. The lowest BCUT2D eigenvalue weighted by Gasteiger charge is -2.34. The molecule has 1 atom stereocenters. The number of amidine groups is 2. The van der Waals surface area contributed by atoms with E-state index < -0.39 is 39.6 Å². The Hall–Kier alpha value is -2.73. The van der Waals surface area contributed by atoms with Gasteiger partial charge in [0.15, 0.2) is 21.5 Å². The van der Waals surface area contributed by atoms with Crippen molar-refractivity contribution in [1.29, 1.82) is 0 Å². The predicted molar refractivity (Wildman–Crippen MR) is 125 cm³/mol. The second kappa shape index (κ2) is 11.4. The number of hydrogen-bond acceptors (Lipinski definition) is 7. The fraction of sp³-hybridized carbons (Fsp3) is 0.400. The number of nitrogens with one attached hydrogen (secondary N) is 1. The van der Waals surface area contributed by atoms with E-state index in [-0.39, 0.29) is 33.8 Å². The highest BCUT2D eigenvalue weighted by atomic mass is 35.5. The normalized spacial score (nSPS) is 19.3. The maximum atomic E-state index is 13.5. The van der Waals surface area contributed by atoms with Crippen LogP contribution in [-0.2, 0) is 14.6 Å². The van der Waals surface area contributed by atoms with Gasteiger partial charge in [-0.25, -0.2) is 18.4 Å². The molecule has 0 saturated carbocycles. The molecule has 0 spiro atoms. The van der Waals surface area contributed by atoms with Crippen molar-refractivity contribution in [3.8, 4) is 0 Å². The Morgan fingerprint density at radius 1 is 1.33 bits per heavy atom. The molecular formula is C20H25ClF3N5O3S. The van der Waals surface area contributed by atoms with E-state index in [1.807, 2.05) is 0 Å². The number of amides is 1. The smallest absolute Gasteiger partial charge is 0.360 e. The van der Waals surface area contributed by atoms with Gasteiger partial charge < -0.3 is 5.32 Å². The third kappa shape index (κ3) is 7.39. The monoisotopic (exact) mass is 507 g/mol. The lowest BCUT2D eigenvalue weighted by atomic mass is 10.1. The first-order valence-electron chi connectivity index (χ1n) is 9.63. The van der Waals surface area contributed by atoms with E-state index >= 15 is 0 Å². The summed E-state index contributed by atoms with van der Waals surface area (Å²) in [6.45, 7) is 12.1. The number of carbonyl (C=O) groups excluding carboxylic acids is 1. The largest absolute Gasteiger partial charge is 0.409 e. The number of allylic oxidation sites excluding steroid dienone is 3. The van der Waals surface area contributed by atoms with Crippen LogP contribution >= 0.6 is 11.6 Å². The maximum Gasteiger partial charge on any atom is 0.409 e. The van der Waals surface area contributed by atoms with Crippen molar-refractivity contribution in [2.24, 2.45) is 15.0 Å². The Balaban J connectivity index is 3.23. The molecule has 0 saturated heterocycles. The van der Waals surface area contributed by atoms with Crippen LogP contribution in [0.3, 0.4) is 0 Å². The van der Waals surface area contributed by atoms with E-state index in [1.54, 1.807) is 0 Å². The number of aliphatic imine (C=N–C) groups is 3. The number of halogens is 4. The molecule has 182 valence electrons. The average Bonchev–Trinajstić information content (AvgIpc) is 2.72. The zero-order valence-corrected chi connectivity index (χ0v) is 20.1. The van der Waals surface area contributed by atoms with Gasteiger partial charge in [0.05, 0.1) is 22.9 Å². The van der Waals surface area contributed by atoms with Crippen LogP contribution in [0, 0.1) is 0 Å². The molecule has 0 unspecified atom stereocenters. The SMILES string of the molecule is C=C(CNC1=NC(=C/C)/C(=N\C(=C)Cl)N([C@@H](C)C(F)(F)F)C1=O)/N=C\C(=C/C)S(=O)(=O)CC. The molecule has 1 amide bonds. The predicted octanol–water partition coefficient (Wildman–Crippen LogP) is 3.70. The third-order valence-corrected chi connectivity index (χ3v) is 6.23. The molecule has 13 heteroatoms. The molecule has 0 bridgehead atoms. The molecule has 0 aliphatic carbocycles. The van der Waals surface area contributed by atoms with Crippen molar-refractivity contribution in [3.05, 3.63) is 46.8 Å². The summed E-state index contributed by atoms with van der Waals surface area (Å²) in [5, 5.41) is 2.27. The average molecular weight is 508 g/mol. The molecule has 8 nitrogen and oxygen atoms in total. The van der Waals surface area contributed by atoms with E-state index in [2.05, 4.69) is 33.5 Å². The number of rotatable bonds is 8. The van der Waals surface area contributed by atoms with Gasteiger partial charge in [0, 0.05) is 6.21 Å². The van der Waals surface area contributed by atoms with Crippen LogP contribution in [0.25, 0.3) is 0 Å². The van der Waals surface area contributed by atoms with E-state index in [0.29, 0.717) is 4.90 Å². The number of hydrogen-bond donors (Lipinski definition) is 1. The van der Waals surface area contributed by atoms with Crippen molar-refractivity contribution in [3.63, 3.8) is 0 Å². The quantitative estimate of drug-likeness (QED) is 0.399. The highest BCUT2D eigenvalue weighted by Gasteiger charge is 2.47. The number of nitrogens with zero attached hydrogens (tertiary/aromatic N) is 4. The lowest BCUT2D eigenvalue weighted by molar-refractivity contribution is -0.173. The van der Waals surface area contributed by atoms with Crippen molar-refractivity contribution in [2.45, 2.75) is 39.9 Å². The standard InChI is InChI=1S/C20H25ClF3N5O3S/c1-7-15(33(31,32)9-3)11-25-12(4)10-26-17-19(30)29(13(5)20(22,23)24)18(27-14(6)21)16(8-2)28-17/h7-8,11,13H,4,6,9-10H2,1-3,5H3,(H,26,28)/b15-7+,16-8+,25-11-,27-18+/t13-/m0/s1. The summed E-state index contributed by atoms with van der Waals surface area (Å²) in [4.78, 5) is 25.0. The number of carbonyl (C=O) groups is 1. The topological polar surface area (TPSA) is 104 Å². The van der Waals surface area contributed by atoms with E-state index in [0.717, 1.165) is 13.1 Å². The second-order valence-electron chi connectivity index (χ2n) is 6.61. The van der Waals surface area contributed by atoms with Crippen LogP contribution in [0.2, 0.25) is 0 Å². The van der Waals surface area contributed by atoms with Crippen LogP contribution < -0.4 is 5.32 Å². The van der Waals surface area contributed by atoms with E-state index in [1.165, 1.54) is 32.9 Å². The van der Waals surface area contributed by atoms with Crippen molar-refractivity contribution in [2.75, 3.05) is 12.3 Å². The molecule has 1 heterocycles. The van der Waals surface area contributed by atoms with Gasteiger partial charge in [-0.1, -0.05) is 43.8 Å². The Kier molecular flexibility index (Phi) is 9.79. The zero-order valence-electron chi connectivity index (χ0n) is 18.6. The Morgan fingerprint density at radius 3 is 2.39 bits per heavy atom. The third-order valence-electron chi connectivity index (χ3n) is 4.33. The second-order valence-corrected chi connectivity index (χ2v) is 9.33. The van der Waals surface area contributed by atoms with Crippen LogP contribution in [-0.4, -0.2) is 61.6 Å². The van der Waals surface area contributed by atoms with Crippen LogP contribution in [0.5, 0.6) is 0 Å². The number of alkyl halides is 3. The summed E-state index contributed by atoms with van der Waals surface area (Å²) in [6.07, 6.45) is -0.908. The van der Waals surface area contributed by atoms with Gasteiger partial charge in [-0.15, -0.1) is 0 Å². The van der Waals surface area contributed by atoms with E-state index in [9.17, 15) is 26.4 Å². The van der Waals surface area contributed by atoms with Gasteiger partial charge in [-0.05, 0) is 20.8 Å². The summed E-state index contributed by atoms with van der Waals surface area (Å²) in [7, 11) is -3.49. The molecule has 1 aliphatic heterocycles. The lowest BCUT2D eigenvalue weighted by Crippen LogP contribution is -2.57. The minimum atomic E-state index is -4.76. The molecular weight excluding hydrogens is 483 g/mol. The molecule has 0 aromatic rings. The van der Waals surface area contributed by atoms with Gasteiger partial charge in [-0.3, -0.25) is 14.7 Å².